The van der Waals surface area contributed by atoms with Crippen LogP contribution in [0.25, 0.3) is 10.1 Å². The van der Waals surface area contributed by atoms with Crippen LogP contribution in [0.5, 0.6) is 0 Å². The van der Waals surface area contributed by atoms with Gasteiger partial charge in [0.2, 0.25) is 5.91 Å². The Morgan fingerprint density at radius 1 is 1.31 bits per heavy atom. The zero-order valence-electron chi connectivity index (χ0n) is 15.2. The van der Waals surface area contributed by atoms with E-state index in [1.165, 1.54) is 11.3 Å². The lowest BCUT2D eigenvalue weighted by molar-refractivity contribution is -0.119. The van der Waals surface area contributed by atoms with E-state index in [1.54, 1.807) is 12.1 Å². The number of rotatable bonds is 5. The average molecular weight is 371 g/mol. The minimum absolute atomic E-state index is 0.0688. The fourth-order valence-electron chi connectivity index (χ4n) is 3.00. The van der Waals surface area contributed by atoms with Crippen molar-refractivity contribution >= 4 is 39.0 Å². The molecule has 2 N–H and O–H groups in total. The highest BCUT2D eigenvalue weighted by Gasteiger charge is 2.19. The summed E-state index contributed by atoms with van der Waals surface area (Å²) in [6.45, 7) is 5.86. The highest BCUT2D eigenvalue weighted by Crippen LogP contribution is 2.28. The molecule has 0 aliphatic heterocycles. The second-order valence-electron chi connectivity index (χ2n) is 6.54. The Kier molecular flexibility index (Phi) is 4.82. The number of hydrogen-bond donors (Lipinski definition) is 2. The van der Waals surface area contributed by atoms with E-state index in [4.69, 9.17) is 5.11 Å². The van der Waals surface area contributed by atoms with Crippen molar-refractivity contribution < 1.29 is 14.7 Å². The number of anilines is 1. The fourth-order valence-corrected chi connectivity index (χ4v) is 3.89. The Balaban J connectivity index is 1.74. The van der Waals surface area contributed by atoms with Crippen LogP contribution >= 0.6 is 11.3 Å². The molecule has 1 unspecified atom stereocenters. The molecule has 1 aromatic carbocycles. The summed E-state index contributed by atoms with van der Waals surface area (Å²) in [5, 5.41) is 17.2. The molecule has 6 nitrogen and oxygen atoms in total. The monoisotopic (exact) mass is 371 g/mol. The number of hydrogen-bond acceptors (Lipinski definition) is 4. The molecular weight excluding hydrogens is 350 g/mol. The van der Waals surface area contributed by atoms with Gasteiger partial charge in [0.15, 0.2) is 0 Å². The predicted octanol–water partition coefficient (Wildman–Crippen LogP) is 3.77. The number of fused-ring (bicyclic) bond motifs is 1. The van der Waals surface area contributed by atoms with Gasteiger partial charge in [0, 0.05) is 29.0 Å². The first-order valence-corrected chi connectivity index (χ1v) is 9.14. The molecule has 2 aromatic heterocycles. The van der Waals surface area contributed by atoms with Crippen LogP contribution < -0.4 is 5.32 Å². The molecule has 0 fully saturated rings. The molecule has 0 aliphatic carbocycles. The van der Waals surface area contributed by atoms with E-state index in [9.17, 15) is 9.59 Å². The first-order chi connectivity index (χ1) is 12.3. The zero-order valence-corrected chi connectivity index (χ0v) is 16.0. The second-order valence-corrected chi connectivity index (χ2v) is 7.62. The number of thiophene rings is 1. The maximum absolute atomic E-state index is 12.6. The number of nitrogens with zero attached hydrogens (tertiary/aromatic N) is 2. The van der Waals surface area contributed by atoms with Gasteiger partial charge in [0.25, 0.3) is 0 Å². The first kappa shape index (κ1) is 18.1. The number of benzene rings is 1. The van der Waals surface area contributed by atoms with E-state index >= 15 is 0 Å². The third kappa shape index (κ3) is 3.48. The van der Waals surface area contributed by atoms with Gasteiger partial charge in [-0.05, 0) is 55.5 Å². The van der Waals surface area contributed by atoms with Gasteiger partial charge in [-0.25, -0.2) is 4.79 Å². The molecule has 136 valence electrons. The SMILES string of the molecule is Cc1nn(C)c(C)c1CC(C)C(=O)Nc1ccc2sc(C(=O)O)cc2c1. The van der Waals surface area contributed by atoms with Crippen LogP contribution in [0.2, 0.25) is 0 Å². The summed E-state index contributed by atoms with van der Waals surface area (Å²) in [6, 6.07) is 7.07. The van der Waals surface area contributed by atoms with Gasteiger partial charge in [-0.15, -0.1) is 11.3 Å². The molecule has 2 heterocycles. The maximum Gasteiger partial charge on any atom is 0.345 e. The fraction of sp³-hybridized carbons (Fsp3) is 0.316. The lowest BCUT2D eigenvalue weighted by Crippen LogP contribution is -2.22. The van der Waals surface area contributed by atoms with Crippen molar-refractivity contribution in [1.82, 2.24) is 9.78 Å². The predicted molar refractivity (Wildman–Crippen MR) is 103 cm³/mol. The molecule has 0 radical (unpaired) electrons. The summed E-state index contributed by atoms with van der Waals surface area (Å²) in [5.41, 5.74) is 3.80. The minimum Gasteiger partial charge on any atom is -0.477 e. The van der Waals surface area contributed by atoms with Crippen LogP contribution in [0, 0.1) is 19.8 Å². The summed E-state index contributed by atoms with van der Waals surface area (Å²) in [7, 11) is 1.90. The molecule has 3 aromatic rings. The van der Waals surface area contributed by atoms with Gasteiger partial charge in [0.1, 0.15) is 4.88 Å². The third-order valence-electron chi connectivity index (χ3n) is 4.61. The number of carboxylic acid groups (broad SMARTS) is 1. The van der Waals surface area contributed by atoms with Crippen molar-refractivity contribution in [3.8, 4) is 0 Å². The van der Waals surface area contributed by atoms with Gasteiger partial charge in [0.05, 0.1) is 5.69 Å². The van der Waals surface area contributed by atoms with Crippen molar-refractivity contribution in [1.29, 1.82) is 0 Å². The summed E-state index contributed by atoms with van der Waals surface area (Å²) >= 11 is 1.23. The number of carboxylic acids is 1. The second kappa shape index (κ2) is 6.92. The Morgan fingerprint density at radius 2 is 2.04 bits per heavy atom. The first-order valence-electron chi connectivity index (χ1n) is 8.33. The topological polar surface area (TPSA) is 84.2 Å². The molecule has 7 heteroatoms. The number of amides is 1. The van der Waals surface area contributed by atoms with E-state index < -0.39 is 5.97 Å². The zero-order chi connectivity index (χ0) is 19.0. The molecule has 0 saturated carbocycles. The summed E-state index contributed by atoms with van der Waals surface area (Å²) < 4.78 is 2.72. The average Bonchev–Trinajstić information content (AvgIpc) is 3.11. The van der Waals surface area contributed by atoms with Crippen LogP contribution in [-0.4, -0.2) is 26.8 Å². The maximum atomic E-state index is 12.6. The van der Waals surface area contributed by atoms with E-state index in [0.717, 1.165) is 27.0 Å². The van der Waals surface area contributed by atoms with Crippen molar-refractivity contribution in [3.05, 3.63) is 46.1 Å². The number of nitrogens with one attached hydrogen (secondary N) is 1. The highest BCUT2D eigenvalue weighted by atomic mass is 32.1. The summed E-state index contributed by atoms with van der Waals surface area (Å²) in [4.78, 5) is 23.9. The van der Waals surface area contributed by atoms with Gasteiger partial charge in [-0.3, -0.25) is 9.48 Å². The Hall–Kier alpha value is -2.67. The van der Waals surface area contributed by atoms with Crippen molar-refractivity contribution in [2.75, 3.05) is 5.32 Å². The van der Waals surface area contributed by atoms with Crippen LogP contribution in [0.4, 0.5) is 5.69 Å². The Morgan fingerprint density at radius 3 is 2.65 bits per heavy atom. The molecular formula is C19H21N3O3S. The van der Waals surface area contributed by atoms with Gasteiger partial charge >= 0.3 is 5.97 Å². The summed E-state index contributed by atoms with van der Waals surface area (Å²) in [6.07, 6.45) is 0.626. The third-order valence-corrected chi connectivity index (χ3v) is 5.72. The molecule has 1 atom stereocenters. The number of aromatic carboxylic acids is 1. The molecule has 0 spiro atoms. The normalized spacial score (nSPS) is 12.3. The Bertz CT molecular complexity index is 1000. The number of aryl methyl sites for hydroxylation is 2. The highest BCUT2D eigenvalue weighted by molar-refractivity contribution is 7.20. The largest absolute Gasteiger partial charge is 0.477 e. The molecule has 26 heavy (non-hydrogen) atoms. The van der Waals surface area contributed by atoms with Crippen molar-refractivity contribution in [2.24, 2.45) is 13.0 Å². The Labute approximate surface area is 155 Å². The minimum atomic E-state index is -0.937. The van der Waals surface area contributed by atoms with Crippen molar-refractivity contribution in [3.63, 3.8) is 0 Å². The van der Waals surface area contributed by atoms with Gasteiger partial charge < -0.3 is 10.4 Å². The van der Waals surface area contributed by atoms with Crippen LogP contribution in [0.15, 0.2) is 24.3 Å². The van der Waals surface area contributed by atoms with E-state index in [2.05, 4.69) is 10.4 Å². The van der Waals surface area contributed by atoms with E-state index in [-0.39, 0.29) is 11.8 Å². The molecule has 0 bridgehead atoms. The van der Waals surface area contributed by atoms with E-state index in [1.807, 2.05) is 44.6 Å². The molecule has 1 amide bonds. The standard InChI is InChI=1S/C19H21N3O3S/c1-10(7-15-11(2)21-22(4)12(15)3)18(23)20-14-5-6-16-13(8-14)9-17(26-16)19(24)25/h5-6,8-10H,7H2,1-4H3,(H,20,23)(H,24,25). The lowest BCUT2D eigenvalue weighted by Gasteiger charge is -2.13. The smallest absolute Gasteiger partial charge is 0.345 e. The quantitative estimate of drug-likeness (QED) is 0.715. The van der Waals surface area contributed by atoms with Gasteiger partial charge in [-0.2, -0.15) is 5.10 Å². The molecule has 0 saturated heterocycles. The van der Waals surface area contributed by atoms with E-state index in [0.29, 0.717) is 17.0 Å². The van der Waals surface area contributed by atoms with Crippen LogP contribution in [0.1, 0.15) is 33.5 Å². The lowest BCUT2D eigenvalue weighted by atomic mass is 9.98. The summed E-state index contributed by atoms with van der Waals surface area (Å²) in [5.74, 6) is -1.21. The van der Waals surface area contributed by atoms with Crippen molar-refractivity contribution in [2.45, 2.75) is 27.2 Å². The van der Waals surface area contributed by atoms with Crippen LogP contribution in [0.3, 0.4) is 0 Å². The number of aromatic nitrogens is 2. The number of carbonyl (C=O) groups is 2. The number of carbonyl (C=O) groups excluding carboxylic acids is 1. The van der Waals surface area contributed by atoms with Gasteiger partial charge in [-0.1, -0.05) is 6.92 Å². The molecule has 0 aliphatic rings. The molecule has 3 rings (SSSR count). The van der Waals surface area contributed by atoms with Crippen LogP contribution in [-0.2, 0) is 18.3 Å².